The summed E-state index contributed by atoms with van der Waals surface area (Å²) in [5, 5.41) is 49.9. The van der Waals surface area contributed by atoms with Crippen LogP contribution < -0.4 is 0 Å². The number of nitrogens with one attached hydrogen (secondary N) is 1. The van der Waals surface area contributed by atoms with E-state index in [1.165, 1.54) is 6.20 Å². The molecule has 5 rings (SSSR count). The fourth-order valence-corrected chi connectivity index (χ4v) is 4.34. The van der Waals surface area contributed by atoms with Crippen LogP contribution in [-0.4, -0.2) is 83.3 Å². The first-order chi connectivity index (χ1) is 16.9. The van der Waals surface area contributed by atoms with Crippen LogP contribution in [0.25, 0.3) is 11.3 Å². The zero-order valence-corrected chi connectivity index (χ0v) is 18.0. The SMILES string of the molecule is OC[C@H]1O[C@H](CC2CC(c3cn[nH]c3)=NO2)[C@H](O)[C@@H](n2cc(-c3cc(F)c(F)c(F)c3)nn2)[C@H]1O. The van der Waals surface area contributed by atoms with Crippen LogP contribution in [0.1, 0.15) is 24.4 Å². The van der Waals surface area contributed by atoms with E-state index in [1.807, 2.05) is 0 Å². The molecule has 6 atom stereocenters. The number of hydrogen-bond donors (Lipinski definition) is 4. The molecule has 2 aromatic heterocycles. The second kappa shape index (κ2) is 9.37. The smallest absolute Gasteiger partial charge is 0.194 e. The molecular formula is C21H21F3N6O5. The van der Waals surface area contributed by atoms with E-state index < -0.39 is 60.6 Å². The molecule has 0 saturated carbocycles. The van der Waals surface area contributed by atoms with Crippen molar-refractivity contribution >= 4 is 5.71 Å². The third-order valence-corrected chi connectivity index (χ3v) is 6.15. The third kappa shape index (κ3) is 4.40. The van der Waals surface area contributed by atoms with Crippen molar-refractivity contribution in [3.63, 3.8) is 0 Å². The number of ether oxygens (including phenoxy) is 1. The first-order valence-electron chi connectivity index (χ1n) is 10.8. The van der Waals surface area contributed by atoms with Gasteiger partial charge in [0.25, 0.3) is 0 Å². The van der Waals surface area contributed by atoms with Crippen molar-refractivity contribution in [3.05, 3.63) is 53.7 Å². The summed E-state index contributed by atoms with van der Waals surface area (Å²) >= 11 is 0. The lowest BCUT2D eigenvalue weighted by Crippen LogP contribution is -2.56. The maximum atomic E-state index is 13.6. The molecule has 1 fully saturated rings. The van der Waals surface area contributed by atoms with E-state index in [1.54, 1.807) is 12.4 Å². The Morgan fingerprint density at radius 2 is 1.83 bits per heavy atom. The van der Waals surface area contributed by atoms with Crippen molar-refractivity contribution in [3.8, 4) is 11.3 Å². The van der Waals surface area contributed by atoms with Gasteiger partial charge in [-0.3, -0.25) is 5.10 Å². The highest BCUT2D eigenvalue weighted by molar-refractivity contribution is 6.00. The Balaban J connectivity index is 1.35. The summed E-state index contributed by atoms with van der Waals surface area (Å²) in [5.74, 6) is -4.40. The fraction of sp³-hybridized carbons (Fsp3) is 0.429. The maximum Gasteiger partial charge on any atom is 0.194 e. The Morgan fingerprint density at radius 1 is 1.09 bits per heavy atom. The normalized spacial score (nSPS) is 28.7. The minimum Gasteiger partial charge on any atom is -0.394 e. The van der Waals surface area contributed by atoms with Gasteiger partial charge in [-0.2, -0.15) is 5.10 Å². The topological polar surface area (TPSA) is 151 Å². The van der Waals surface area contributed by atoms with E-state index in [0.29, 0.717) is 12.1 Å². The molecule has 1 saturated heterocycles. The third-order valence-electron chi connectivity index (χ3n) is 6.15. The maximum absolute atomic E-state index is 13.6. The number of aromatic amines is 1. The number of aliphatic hydroxyl groups excluding tert-OH is 3. The lowest BCUT2D eigenvalue weighted by Gasteiger charge is -2.42. The van der Waals surface area contributed by atoms with Crippen LogP contribution in [0.3, 0.4) is 0 Å². The molecule has 14 heteroatoms. The van der Waals surface area contributed by atoms with Gasteiger partial charge in [0.2, 0.25) is 0 Å². The summed E-state index contributed by atoms with van der Waals surface area (Å²) in [6.07, 6.45) is 0.0704. The molecule has 2 aliphatic heterocycles. The summed E-state index contributed by atoms with van der Waals surface area (Å²) in [6, 6.07) is 0.411. The molecule has 0 amide bonds. The highest BCUT2D eigenvalue weighted by atomic mass is 19.2. The Hall–Kier alpha value is -3.33. The molecule has 0 radical (unpaired) electrons. The molecule has 1 aromatic carbocycles. The van der Waals surface area contributed by atoms with E-state index in [9.17, 15) is 28.5 Å². The van der Waals surface area contributed by atoms with Crippen LogP contribution in [0, 0.1) is 17.5 Å². The van der Waals surface area contributed by atoms with Gasteiger partial charge in [0, 0.05) is 30.2 Å². The summed E-state index contributed by atoms with van der Waals surface area (Å²) in [5.41, 5.74) is 1.34. The number of halogens is 3. The number of aromatic nitrogens is 5. The number of benzene rings is 1. The van der Waals surface area contributed by atoms with E-state index in [0.717, 1.165) is 22.4 Å². The van der Waals surface area contributed by atoms with Crippen molar-refractivity contribution in [2.24, 2.45) is 5.16 Å². The summed E-state index contributed by atoms with van der Waals surface area (Å²) in [7, 11) is 0. The van der Waals surface area contributed by atoms with Gasteiger partial charge in [-0.25, -0.2) is 17.9 Å². The largest absolute Gasteiger partial charge is 0.394 e. The molecule has 186 valence electrons. The highest BCUT2D eigenvalue weighted by Gasteiger charge is 2.47. The number of H-pyrrole nitrogens is 1. The number of nitrogens with zero attached hydrogens (tertiary/aromatic N) is 5. The van der Waals surface area contributed by atoms with E-state index >= 15 is 0 Å². The quantitative estimate of drug-likeness (QED) is 0.366. The summed E-state index contributed by atoms with van der Waals surface area (Å²) in [6.45, 7) is -0.543. The average molecular weight is 494 g/mol. The fourth-order valence-electron chi connectivity index (χ4n) is 4.34. The highest BCUT2D eigenvalue weighted by Crippen LogP contribution is 2.34. The standard InChI is InChI=1S/C21H21F3N6O5/c22-12-1-9(2-13(23)18(12)24)15-7-30(29-27-15)19-20(32)16(34-17(8-31)21(19)33)4-11-3-14(28-35-11)10-5-25-26-6-10/h1-2,5-7,11,16-17,19-21,31-33H,3-4,8H2,(H,25,26)/t11?,16-,17-,19-,20+,21+/m1/s1. The van der Waals surface area contributed by atoms with Crippen LogP contribution in [0.2, 0.25) is 0 Å². The number of oxime groups is 1. The molecule has 3 aromatic rings. The summed E-state index contributed by atoms with van der Waals surface area (Å²) < 4.78 is 47.5. The molecule has 0 bridgehead atoms. The molecule has 2 aliphatic rings. The van der Waals surface area contributed by atoms with E-state index in [4.69, 9.17) is 9.57 Å². The molecule has 4 heterocycles. The minimum atomic E-state index is -1.61. The van der Waals surface area contributed by atoms with Crippen molar-refractivity contribution in [1.29, 1.82) is 0 Å². The van der Waals surface area contributed by atoms with Gasteiger partial charge in [0.1, 0.15) is 36.2 Å². The monoisotopic (exact) mass is 494 g/mol. The second-order valence-corrected chi connectivity index (χ2v) is 8.40. The van der Waals surface area contributed by atoms with Gasteiger partial charge < -0.3 is 24.9 Å². The van der Waals surface area contributed by atoms with Gasteiger partial charge in [0.15, 0.2) is 17.5 Å². The Labute approximate surface area is 195 Å². The number of rotatable bonds is 6. The lowest BCUT2D eigenvalue weighted by molar-refractivity contribution is -0.212. The molecule has 11 nitrogen and oxygen atoms in total. The first kappa shape index (κ1) is 23.4. The predicted molar refractivity (Wildman–Crippen MR) is 111 cm³/mol. The van der Waals surface area contributed by atoms with Crippen LogP contribution in [0.15, 0.2) is 35.9 Å². The zero-order chi connectivity index (χ0) is 24.7. The molecular weight excluding hydrogens is 473 g/mol. The number of hydrogen-bond acceptors (Lipinski definition) is 9. The van der Waals surface area contributed by atoms with Crippen molar-refractivity contribution in [2.75, 3.05) is 6.61 Å². The van der Waals surface area contributed by atoms with Crippen LogP contribution in [0.4, 0.5) is 13.2 Å². The van der Waals surface area contributed by atoms with Crippen molar-refractivity contribution in [1.82, 2.24) is 25.2 Å². The Bertz CT molecular complexity index is 1200. The minimum absolute atomic E-state index is 0.0110. The first-order valence-corrected chi connectivity index (χ1v) is 10.8. The van der Waals surface area contributed by atoms with Gasteiger partial charge in [-0.05, 0) is 12.1 Å². The number of aliphatic hydroxyl groups is 3. The van der Waals surface area contributed by atoms with Crippen LogP contribution >= 0.6 is 0 Å². The zero-order valence-electron chi connectivity index (χ0n) is 18.0. The van der Waals surface area contributed by atoms with Gasteiger partial charge in [-0.15, -0.1) is 5.10 Å². The lowest BCUT2D eigenvalue weighted by atomic mass is 9.89. The van der Waals surface area contributed by atoms with E-state index in [-0.39, 0.29) is 17.7 Å². The Kier molecular flexibility index (Phi) is 6.27. The molecule has 0 aliphatic carbocycles. The molecule has 1 unspecified atom stereocenters. The second-order valence-electron chi connectivity index (χ2n) is 8.40. The van der Waals surface area contributed by atoms with Crippen LogP contribution in [0.5, 0.6) is 0 Å². The summed E-state index contributed by atoms with van der Waals surface area (Å²) in [4.78, 5) is 5.46. The van der Waals surface area contributed by atoms with Crippen molar-refractivity contribution < 1.29 is 38.1 Å². The van der Waals surface area contributed by atoms with Gasteiger partial charge in [0.05, 0.1) is 30.8 Å². The molecule has 4 N–H and O–H groups in total. The average Bonchev–Trinajstić information content (AvgIpc) is 3.61. The van der Waals surface area contributed by atoms with Crippen molar-refractivity contribution in [2.45, 2.75) is 49.4 Å². The Morgan fingerprint density at radius 3 is 2.51 bits per heavy atom. The molecule has 35 heavy (non-hydrogen) atoms. The van der Waals surface area contributed by atoms with E-state index in [2.05, 4.69) is 25.7 Å². The van der Waals surface area contributed by atoms with Gasteiger partial charge >= 0.3 is 0 Å². The molecule has 0 spiro atoms. The van der Waals surface area contributed by atoms with Gasteiger partial charge in [-0.1, -0.05) is 10.4 Å². The predicted octanol–water partition coefficient (Wildman–Crippen LogP) is 0.691. The van der Waals surface area contributed by atoms with Crippen LogP contribution in [-0.2, 0) is 9.57 Å².